The lowest BCUT2D eigenvalue weighted by Crippen LogP contribution is -2.61. The van der Waals surface area contributed by atoms with Gasteiger partial charge in [-0.1, -0.05) is 121 Å². The van der Waals surface area contributed by atoms with Crippen LogP contribution in [-0.2, 0) is 38.0 Å². The zero-order valence-corrected chi connectivity index (χ0v) is 36.2. The van der Waals surface area contributed by atoms with Crippen LogP contribution in [0.5, 0.6) is 0 Å². The van der Waals surface area contributed by atoms with Crippen LogP contribution >= 0.6 is 0 Å². The van der Waals surface area contributed by atoms with E-state index in [1.165, 1.54) is 32.1 Å². The van der Waals surface area contributed by atoms with Crippen molar-refractivity contribution in [2.45, 2.75) is 210 Å². The number of rotatable bonds is 33. The molecule has 0 aromatic rings. The van der Waals surface area contributed by atoms with Gasteiger partial charge in [-0.05, 0) is 44.9 Å². The van der Waals surface area contributed by atoms with Crippen LogP contribution in [0, 0.1) is 0 Å². The molecule has 7 N–H and O–H groups in total. The fraction of sp³-hybridized carbons (Fsp3) is 0.822. The summed E-state index contributed by atoms with van der Waals surface area (Å²) in [6.45, 7) is 2.40. The van der Waals surface area contributed by atoms with Crippen molar-refractivity contribution in [2.24, 2.45) is 0 Å². The van der Waals surface area contributed by atoms with Crippen molar-refractivity contribution in [3.8, 4) is 0 Å². The van der Waals surface area contributed by atoms with Gasteiger partial charge in [0, 0.05) is 12.8 Å². The summed E-state index contributed by atoms with van der Waals surface area (Å²) in [6, 6.07) is 0. The minimum atomic E-state index is -1.76. The van der Waals surface area contributed by atoms with Crippen LogP contribution in [0.25, 0.3) is 0 Å². The predicted molar refractivity (Wildman–Crippen MR) is 224 cm³/mol. The molecule has 60 heavy (non-hydrogen) atoms. The second-order valence-corrected chi connectivity index (χ2v) is 15.9. The maximum absolute atomic E-state index is 12.9. The van der Waals surface area contributed by atoms with E-state index in [0.29, 0.717) is 12.8 Å². The Morgan fingerprint density at radius 2 is 1.05 bits per heavy atom. The molecule has 2 aliphatic heterocycles. The van der Waals surface area contributed by atoms with Crippen molar-refractivity contribution < 1.29 is 73.8 Å². The highest BCUT2D eigenvalue weighted by Gasteiger charge is 2.47. The standard InChI is InChI=1S/C45H78O15/c1-3-5-7-9-11-13-14-15-16-17-18-20-21-23-25-27-36(47)55-30-33(58-37(48)28-26-24-22-19-12-10-8-6-4-2)31-56-44-43(54)41(52)39(50)35(60-44)32-57-45-42(53)40(51)38(49)34(29-46)59-45/h5,7,11,13,15-16,33-35,38-46,49-54H,3-4,6,8-10,12,14,17-32H2,1-2H3/b7-5+,13-11+,16-15+/t33-,34-,35-,38+,39+,40?,41?,42?,43?,44-,45-/m1/s1. The molecular weight excluding hydrogens is 780 g/mol. The number of carbonyl (C=O) groups is 2. The summed E-state index contributed by atoms with van der Waals surface area (Å²) >= 11 is 0. The first-order valence-corrected chi connectivity index (χ1v) is 22.6. The van der Waals surface area contributed by atoms with Gasteiger partial charge in [0.25, 0.3) is 0 Å². The number of esters is 2. The molecule has 4 unspecified atom stereocenters. The van der Waals surface area contributed by atoms with Gasteiger partial charge in [0.15, 0.2) is 18.7 Å². The first-order valence-electron chi connectivity index (χ1n) is 22.6. The van der Waals surface area contributed by atoms with Crippen molar-refractivity contribution in [1.82, 2.24) is 0 Å². The number of carbonyl (C=O) groups excluding carboxylic acids is 2. The summed E-state index contributed by atoms with van der Waals surface area (Å²) in [7, 11) is 0. The number of aliphatic hydroxyl groups excluding tert-OH is 7. The molecule has 15 heteroatoms. The topological polar surface area (TPSA) is 231 Å². The summed E-state index contributed by atoms with van der Waals surface area (Å²) in [5.41, 5.74) is 0. The normalized spacial score (nSPS) is 27.9. The van der Waals surface area contributed by atoms with E-state index in [0.717, 1.165) is 70.6 Å². The third kappa shape index (κ3) is 22.2. The summed E-state index contributed by atoms with van der Waals surface area (Å²) in [5, 5.41) is 71.8. The molecule has 0 aromatic carbocycles. The van der Waals surface area contributed by atoms with Gasteiger partial charge in [-0.2, -0.15) is 0 Å². The lowest BCUT2D eigenvalue weighted by Gasteiger charge is -2.42. The molecule has 2 heterocycles. The zero-order valence-electron chi connectivity index (χ0n) is 36.2. The minimum Gasteiger partial charge on any atom is -0.462 e. The molecule has 2 saturated heterocycles. The molecule has 0 aliphatic carbocycles. The van der Waals surface area contributed by atoms with E-state index >= 15 is 0 Å². The van der Waals surface area contributed by atoms with Crippen molar-refractivity contribution in [3.05, 3.63) is 36.5 Å². The van der Waals surface area contributed by atoms with E-state index in [-0.39, 0.29) is 26.1 Å². The van der Waals surface area contributed by atoms with Gasteiger partial charge >= 0.3 is 11.9 Å². The number of aliphatic hydroxyl groups is 7. The number of hydrogen-bond acceptors (Lipinski definition) is 15. The molecule has 2 fully saturated rings. The molecule has 15 nitrogen and oxygen atoms in total. The number of allylic oxidation sites excluding steroid dienone is 6. The van der Waals surface area contributed by atoms with E-state index < -0.39 is 92.7 Å². The minimum absolute atomic E-state index is 0.162. The largest absolute Gasteiger partial charge is 0.462 e. The lowest BCUT2D eigenvalue weighted by atomic mass is 9.98. The molecule has 2 rings (SSSR count). The third-order valence-corrected chi connectivity index (χ3v) is 10.6. The van der Waals surface area contributed by atoms with Crippen LogP contribution in [0.4, 0.5) is 0 Å². The van der Waals surface area contributed by atoms with Crippen LogP contribution in [0.15, 0.2) is 36.5 Å². The van der Waals surface area contributed by atoms with Gasteiger partial charge in [-0.15, -0.1) is 0 Å². The Labute approximate surface area is 357 Å². The van der Waals surface area contributed by atoms with E-state index in [1.54, 1.807) is 0 Å². The first kappa shape index (κ1) is 53.9. The fourth-order valence-electron chi connectivity index (χ4n) is 6.88. The highest BCUT2D eigenvalue weighted by Crippen LogP contribution is 2.26. The Morgan fingerprint density at radius 3 is 1.65 bits per heavy atom. The molecule has 348 valence electrons. The Kier molecular flexibility index (Phi) is 29.9. The molecular formula is C45H78O15. The van der Waals surface area contributed by atoms with Crippen molar-refractivity contribution in [3.63, 3.8) is 0 Å². The summed E-state index contributed by atoms with van der Waals surface area (Å²) < 4.78 is 33.4. The zero-order chi connectivity index (χ0) is 44.0. The Bertz CT molecular complexity index is 1200. The quantitative estimate of drug-likeness (QED) is 0.0272. The van der Waals surface area contributed by atoms with E-state index in [2.05, 4.69) is 50.3 Å². The van der Waals surface area contributed by atoms with Crippen LogP contribution in [0.3, 0.4) is 0 Å². The van der Waals surface area contributed by atoms with E-state index in [9.17, 15) is 45.3 Å². The van der Waals surface area contributed by atoms with E-state index in [1.807, 2.05) is 0 Å². The van der Waals surface area contributed by atoms with Gasteiger partial charge < -0.3 is 64.2 Å². The van der Waals surface area contributed by atoms with Crippen LogP contribution in [-0.4, -0.2) is 142 Å². The van der Waals surface area contributed by atoms with Crippen molar-refractivity contribution in [2.75, 3.05) is 26.4 Å². The van der Waals surface area contributed by atoms with Crippen LogP contribution < -0.4 is 0 Å². The molecule has 0 spiro atoms. The highest BCUT2D eigenvalue weighted by molar-refractivity contribution is 5.70. The Balaban J connectivity index is 1.85. The Morgan fingerprint density at radius 1 is 0.550 bits per heavy atom. The van der Waals surface area contributed by atoms with Crippen molar-refractivity contribution in [1.29, 1.82) is 0 Å². The van der Waals surface area contributed by atoms with Crippen LogP contribution in [0.2, 0.25) is 0 Å². The molecule has 11 atom stereocenters. The highest BCUT2D eigenvalue weighted by atomic mass is 16.7. The molecule has 0 bridgehead atoms. The van der Waals surface area contributed by atoms with E-state index in [4.69, 9.17) is 28.4 Å². The number of hydrogen-bond donors (Lipinski definition) is 7. The lowest BCUT2D eigenvalue weighted by molar-refractivity contribution is -0.332. The molecule has 2 aliphatic rings. The maximum atomic E-state index is 12.9. The Hall–Kier alpha value is -2.28. The fourth-order valence-corrected chi connectivity index (χ4v) is 6.88. The SMILES string of the molecule is CC/C=C/C/C=C/C/C=C/CCCCCCCC(=O)OC[C@H](CO[C@@H]1O[C@H](CO[C@@H]2O[C@H](CO)[C@H](O)C(O)C2O)[C@H](O)C(O)C1O)OC(=O)CCCCCCCCCCC. The number of unbranched alkanes of at least 4 members (excludes halogenated alkanes) is 13. The third-order valence-electron chi connectivity index (χ3n) is 10.6. The molecule has 0 saturated carbocycles. The average molecular weight is 859 g/mol. The first-order chi connectivity index (χ1) is 29.0. The summed E-state index contributed by atoms with van der Waals surface area (Å²) in [4.78, 5) is 25.5. The van der Waals surface area contributed by atoms with Gasteiger partial charge in [-0.25, -0.2) is 0 Å². The van der Waals surface area contributed by atoms with Gasteiger partial charge in [-0.3, -0.25) is 9.59 Å². The number of ether oxygens (including phenoxy) is 6. The second kappa shape index (κ2) is 33.3. The molecule has 0 amide bonds. The van der Waals surface area contributed by atoms with Crippen molar-refractivity contribution >= 4 is 11.9 Å². The summed E-state index contributed by atoms with van der Waals surface area (Å²) in [5.74, 6) is -0.950. The predicted octanol–water partition coefficient (Wildman–Crippen LogP) is 4.59. The average Bonchev–Trinajstić information content (AvgIpc) is 3.24. The summed E-state index contributed by atoms with van der Waals surface area (Å²) in [6.07, 6.45) is 14.9. The van der Waals surface area contributed by atoms with Crippen LogP contribution in [0.1, 0.15) is 142 Å². The molecule has 0 radical (unpaired) electrons. The molecule has 0 aromatic heterocycles. The smallest absolute Gasteiger partial charge is 0.306 e. The second-order valence-electron chi connectivity index (χ2n) is 15.9. The van der Waals surface area contributed by atoms with Gasteiger partial charge in [0.1, 0.15) is 55.4 Å². The monoisotopic (exact) mass is 859 g/mol. The van der Waals surface area contributed by atoms with Gasteiger partial charge in [0.2, 0.25) is 0 Å². The maximum Gasteiger partial charge on any atom is 0.306 e. The van der Waals surface area contributed by atoms with Gasteiger partial charge in [0.05, 0.1) is 19.8 Å².